The van der Waals surface area contributed by atoms with Crippen LogP contribution in [0.2, 0.25) is 0 Å². The lowest BCUT2D eigenvalue weighted by Crippen LogP contribution is -2.63. The molecule has 4 nitrogen and oxygen atoms in total. The molecule has 0 radical (unpaired) electrons. The minimum Gasteiger partial charge on any atom is -0.372 e. The third-order valence-electron chi connectivity index (χ3n) is 5.01. The van der Waals surface area contributed by atoms with E-state index >= 15 is 0 Å². The molecule has 0 spiro atoms. The number of nitrogens with zero attached hydrogens (tertiary/aromatic N) is 2. The Morgan fingerprint density at radius 3 is 2.29 bits per heavy atom. The zero-order valence-electron chi connectivity index (χ0n) is 10.9. The topological polar surface area (TPSA) is 41.7 Å². The smallest absolute Gasteiger partial charge is 0.0707 e. The second-order valence-electron chi connectivity index (χ2n) is 6.09. The first-order valence-electron chi connectivity index (χ1n) is 7.01. The second-order valence-corrected chi connectivity index (χ2v) is 6.09. The first-order chi connectivity index (χ1) is 8.22. The minimum absolute atomic E-state index is 0.261. The van der Waals surface area contributed by atoms with Crippen molar-refractivity contribution >= 4 is 0 Å². The van der Waals surface area contributed by atoms with E-state index in [9.17, 15) is 0 Å². The van der Waals surface area contributed by atoms with Gasteiger partial charge in [0.1, 0.15) is 0 Å². The molecule has 3 saturated heterocycles. The minimum atomic E-state index is 0.261. The van der Waals surface area contributed by atoms with Crippen LogP contribution in [0.3, 0.4) is 0 Å². The van der Waals surface area contributed by atoms with Crippen LogP contribution in [0.25, 0.3) is 0 Å². The lowest BCUT2D eigenvalue weighted by molar-refractivity contribution is -0.0892. The number of likely N-dealkylation sites (tertiary alicyclic amines) is 2. The summed E-state index contributed by atoms with van der Waals surface area (Å²) in [5.41, 5.74) is 6.39. The van der Waals surface area contributed by atoms with Gasteiger partial charge in [0.05, 0.1) is 12.2 Å². The van der Waals surface area contributed by atoms with Gasteiger partial charge in [-0.25, -0.2) is 0 Å². The molecule has 0 aliphatic carbocycles. The molecule has 2 N–H and O–H groups in total. The number of piperidine rings is 1. The first-order valence-corrected chi connectivity index (χ1v) is 7.01. The fraction of sp³-hybridized carbons (Fsp3) is 1.00. The highest BCUT2D eigenvalue weighted by atomic mass is 16.5. The maximum absolute atomic E-state index is 6.12. The fourth-order valence-electron chi connectivity index (χ4n) is 3.69. The van der Waals surface area contributed by atoms with Crippen LogP contribution in [0.4, 0.5) is 0 Å². The van der Waals surface area contributed by atoms with Crippen LogP contribution in [0, 0.1) is 0 Å². The van der Waals surface area contributed by atoms with E-state index in [1.54, 1.807) is 0 Å². The largest absolute Gasteiger partial charge is 0.372 e. The van der Waals surface area contributed by atoms with Gasteiger partial charge in [0, 0.05) is 25.2 Å². The number of hydrogen-bond acceptors (Lipinski definition) is 4. The zero-order valence-corrected chi connectivity index (χ0v) is 10.9. The van der Waals surface area contributed by atoms with E-state index in [4.69, 9.17) is 10.5 Å². The highest BCUT2D eigenvalue weighted by molar-refractivity contribution is 5.00. The van der Waals surface area contributed by atoms with E-state index in [0.717, 1.165) is 19.6 Å². The number of ether oxygens (including phenoxy) is 1. The quantitative estimate of drug-likeness (QED) is 0.751. The van der Waals surface area contributed by atoms with Crippen LogP contribution in [-0.4, -0.2) is 67.3 Å². The van der Waals surface area contributed by atoms with Crippen molar-refractivity contribution in [1.29, 1.82) is 0 Å². The van der Waals surface area contributed by atoms with Gasteiger partial charge in [0.15, 0.2) is 0 Å². The van der Waals surface area contributed by atoms with E-state index in [1.807, 2.05) is 0 Å². The number of nitrogens with two attached hydrogens (primary N) is 1. The molecular weight excluding hydrogens is 214 g/mol. The van der Waals surface area contributed by atoms with Crippen LogP contribution >= 0.6 is 0 Å². The number of rotatable bonds is 2. The van der Waals surface area contributed by atoms with E-state index < -0.39 is 0 Å². The fourth-order valence-corrected chi connectivity index (χ4v) is 3.69. The molecular formula is C13H25N3O. The van der Waals surface area contributed by atoms with Gasteiger partial charge in [-0.1, -0.05) is 0 Å². The van der Waals surface area contributed by atoms with Gasteiger partial charge in [-0.3, -0.25) is 4.90 Å². The second kappa shape index (κ2) is 4.50. The third-order valence-corrected chi connectivity index (χ3v) is 5.01. The molecule has 2 atom stereocenters. The lowest BCUT2D eigenvalue weighted by Gasteiger charge is -2.50. The molecule has 4 heteroatoms. The molecule has 0 amide bonds. The Morgan fingerprint density at radius 2 is 1.76 bits per heavy atom. The van der Waals surface area contributed by atoms with Crippen LogP contribution in [0.1, 0.15) is 25.7 Å². The predicted molar refractivity (Wildman–Crippen MR) is 68.0 cm³/mol. The van der Waals surface area contributed by atoms with E-state index in [1.165, 1.54) is 38.8 Å². The number of hydrogen-bond donors (Lipinski definition) is 1. The molecule has 2 bridgehead atoms. The van der Waals surface area contributed by atoms with Crippen molar-refractivity contribution in [2.24, 2.45) is 5.73 Å². The number of morpholine rings is 1. The molecule has 3 aliphatic heterocycles. The Hall–Kier alpha value is -0.160. The average molecular weight is 239 g/mol. The Morgan fingerprint density at radius 1 is 1.18 bits per heavy atom. The molecule has 3 fully saturated rings. The number of fused-ring (bicyclic) bond motifs is 2. The van der Waals surface area contributed by atoms with Crippen LogP contribution < -0.4 is 5.73 Å². The van der Waals surface area contributed by atoms with E-state index in [0.29, 0.717) is 12.2 Å². The van der Waals surface area contributed by atoms with Crippen molar-refractivity contribution in [3.8, 4) is 0 Å². The van der Waals surface area contributed by atoms with Crippen molar-refractivity contribution in [2.45, 2.75) is 43.4 Å². The van der Waals surface area contributed by atoms with Crippen molar-refractivity contribution in [3.63, 3.8) is 0 Å². The summed E-state index contributed by atoms with van der Waals surface area (Å²) in [5.74, 6) is 0. The molecule has 0 aromatic carbocycles. The third kappa shape index (κ3) is 2.12. The highest BCUT2D eigenvalue weighted by Gasteiger charge is 2.44. The molecule has 2 unspecified atom stereocenters. The van der Waals surface area contributed by atoms with Crippen molar-refractivity contribution < 1.29 is 4.74 Å². The highest BCUT2D eigenvalue weighted by Crippen LogP contribution is 2.34. The summed E-state index contributed by atoms with van der Waals surface area (Å²) in [6.45, 7) is 5.39. The van der Waals surface area contributed by atoms with Gasteiger partial charge in [-0.2, -0.15) is 0 Å². The van der Waals surface area contributed by atoms with Crippen molar-refractivity contribution in [3.05, 3.63) is 0 Å². The Bertz CT molecular complexity index is 264. The Labute approximate surface area is 104 Å². The molecule has 3 rings (SSSR count). The van der Waals surface area contributed by atoms with E-state index in [2.05, 4.69) is 16.8 Å². The summed E-state index contributed by atoms with van der Waals surface area (Å²) in [5, 5.41) is 0. The summed E-state index contributed by atoms with van der Waals surface area (Å²) in [6, 6.07) is 0. The summed E-state index contributed by atoms with van der Waals surface area (Å²) >= 11 is 0. The first kappa shape index (κ1) is 11.9. The molecule has 0 aromatic rings. The maximum Gasteiger partial charge on any atom is 0.0707 e. The van der Waals surface area contributed by atoms with Crippen molar-refractivity contribution in [2.75, 3.05) is 39.8 Å². The zero-order chi connectivity index (χ0) is 11.9. The van der Waals surface area contributed by atoms with E-state index in [-0.39, 0.29) is 5.54 Å². The summed E-state index contributed by atoms with van der Waals surface area (Å²) in [6.07, 6.45) is 5.91. The molecule has 3 heterocycles. The molecule has 98 valence electrons. The Kier molecular flexibility index (Phi) is 3.15. The van der Waals surface area contributed by atoms with Gasteiger partial charge >= 0.3 is 0 Å². The predicted octanol–water partition coefficient (Wildman–Crippen LogP) is 0.273. The maximum atomic E-state index is 6.12. The normalized spacial score (nSPS) is 38.5. The van der Waals surface area contributed by atoms with Crippen LogP contribution in [-0.2, 0) is 4.74 Å². The summed E-state index contributed by atoms with van der Waals surface area (Å²) in [4.78, 5) is 5.08. The van der Waals surface area contributed by atoms with Gasteiger partial charge < -0.3 is 15.4 Å². The molecule has 3 aliphatic rings. The van der Waals surface area contributed by atoms with Crippen LogP contribution in [0.5, 0.6) is 0 Å². The van der Waals surface area contributed by atoms with Gasteiger partial charge in [-0.15, -0.1) is 0 Å². The summed E-state index contributed by atoms with van der Waals surface area (Å²) < 4.78 is 5.94. The van der Waals surface area contributed by atoms with Crippen LogP contribution in [0.15, 0.2) is 0 Å². The molecule has 17 heavy (non-hydrogen) atoms. The standard InChI is InChI=1S/C13H25N3O/c1-15-6-4-13(10-14,5-7-15)16-8-11-2-3-12(9-16)17-11/h11-12H,2-10,14H2,1H3. The SMILES string of the molecule is CN1CCC(CN)(N2CC3CCC(C2)O3)CC1. The Balaban J connectivity index is 1.72. The monoisotopic (exact) mass is 239 g/mol. The molecule has 0 saturated carbocycles. The van der Waals surface area contributed by atoms with Gasteiger partial charge in [0.2, 0.25) is 0 Å². The average Bonchev–Trinajstić information content (AvgIpc) is 2.70. The van der Waals surface area contributed by atoms with Crippen molar-refractivity contribution in [1.82, 2.24) is 9.80 Å². The molecule has 0 aromatic heterocycles. The van der Waals surface area contributed by atoms with Gasteiger partial charge in [-0.05, 0) is 45.8 Å². The summed E-state index contributed by atoms with van der Waals surface area (Å²) in [7, 11) is 2.21. The lowest BCUT2D eigenvalue weighted by atomic mass is 9.85. The van der Waals surface area contributed by atoms with Gasteiger partial charge in [0.25, 0.3) is 0 Å².